The molecular weight excluding hydrogens is 232 g/mol. The summed E-state index contributed by atoms with van der Waals surface area (Å²) in [6, 6.07) is 7.56. The summed E-state index contributed by atoms with van der Waals surface area (Å²) >= 11 is 0. The van der Waals surface area contributed by atoms with E-state index in [0.717, 1.165) is 11.1 Å². The van der Waals surface area contributed by atoms with E-state index in [0.29, 0.717) is 0 Å². The highest BCUT2D eigenvalue weighted by molar-refractivity contribution is 5.66. The molecule has 0 spiro atoms. The van der Waals surface area contributed by atoms with Crippen LogP contribution in [-0.4, -0.2) is 18.5 Å². The van der Waals surface area contributed by atoms with Crippen LogP contribution >= 0.6 is 0 Å². The molecule has 0 radical (unpaired) electrons. The van der Waals surface area contributed by atoms with Crippen molar-refractivity contribution in [3.05, 3.63) is 41.5 Å². The zero-order chi connectivity index (χ0) is 13.4. The molecule has 0 atom stereocenters. The second kappa shape index (κ2) is 7.27. The van der Waals surface area contributed by atoms with E-state index < -0.39 is 0 Å². The van der Waals surface area contributed by atoms with Crippen molar-refractivity contribution < 1.29 is 19.1 Å². The first-order valence-electron chi connectivity index (χ1n) is 5.61. The van der Waals surface area contributed by atoms with Gasteiger partial charge in [-0.25, -0.2) is 0 Å². The summed E-state index contributed by atoms with van der Waals surface area (Å²) in [7, 11) is 0. The van der Waals surface area contributed by atoms with Crippen LogP contribution in [0.1, 0.15) is 25.0 Å². The maximum atomic E-state index is 10.8. The van der Waals surface area contributed by atoms with Crippen molar-refractivity contribution in [2.45, 2.75) is 20.5 Å². The van der Waals surface area contributed by atoms with Crippen LogP contribution in [-0.2, 0) is 25.7 Å². The standard InChI is InChI=1S/C14H16O4/c1-11(15)17-9-5-8-13-6-3-4-7-14(13)10-18-12(2)16/h3-8H,9-10H2,1-2H3/b8-5+. The molecule has 1 rings (SSSR count). The predicted molar refractivity (Wildman–Crippen MR) is 67.6 cm³/mol. The Labute approximate surface area is 106 Å². The Morgan fingerprint density at radius 2 is 1.78 bits per heavy atom. The topological polar surface area (TPSA) is 52.6 Å². The molecule has 0 aliphatic rings. The van der Waals surface area contributed by atoms with Crippen molar-refractivity contribution in [3.63, 3.8) is 0 Å². The third-order valence-electron chi connectivity index (χ3n) is 2.17. The van der Waals surface area contributed by atoms with Crippen LogP contribution < -0.4 is 0 Å². The van der Waals surface area contributed by atoms with Crippen molar-refractivity contribution in [2.24, 2.45) is 0 Å². The van der Waals surface area contributed by atoms with Gasteiger partial charge in [-0.15, -0.1) is 0 Å². The van der Waals surface area contributed by atoms with E-state index in [9.17, 15) is 9.59 Å². The molecule has 0 saturated heterocycles. The molecule has 0 aliphatic heterocycles. The number of carbonyl (C=O) groups excluding carboxylic acids is 2. The van der Waals surface area contributed by atoms with Crippen molar-refractivity contribution in [3.8, 4) is 0 Å². The van der Waals surface area contributed by atoms with E-state index in [1.807, 2.05) is 30.3 Å². The summed E-state index contributed by atoms with van der Waals surface area (Å²) in [5, 5.41) is 0. The highest BCUT2D eigenvalue weighted by Gasteiger charge is 2.00. The summed E-state index contributed by atoms with van der Waals surface area (Å²) < 4.78 is 9.75. The predicted octanol–water partition coefficient (Wildman–Crippen LogP) is 2.33. The van der Waals surface area contributed by atoms with E-state index in [2.05, 4.69) is 0 Å². The van der Waals surface area contributed by atoms with Gasteiger partial charge >= 0.3 is 11.9 Å². The van der Waals surface area contributed by atoms with Gasteiger partial charge in [-0.05, 0) is 17.2 Å². The molecule has 0 amide bonds. The van der Waals surface area contributed by atoms with E-state index in [1.165, 1.54) is 13.8 Å². The number of hydrogen-bond acceptors (Lipinski definition) is 4. The quantitative estimate of drug-likeness (QED) is 0.750. The van der Waals surface area contributed by atoms with Crippen molar-refractivity contribution in [1.82, 2.24) is 0 Å². The minimum absolute atomic E-state index is 0.233. The average Bonchev–Trinajstić information content (AvgIpc) is 2.33. The maximum Gasteiger partial charge on any atom is 0.302 e. The van der Waals surface area contributed by atoms with Gasteiger partial charge in [0.25, 0.3) is 0 Å². The largest absolute Gasteiger partial charge is 0.462 e. The van der Waals surface area contributed by atoms with Gasteiger partial charge in [-0.3, -0.25) is 9.59 Å². The molecule has 0 aromatic heterocycles. The second-order valence-corrected chi connectivity index (χ2v) is 3.68. The molecule has 1 aromatic carbocycles. The number of esters is 2. The first-order chi connectivity index (χ1) is 8.59. The summed E-state index contributed by atoms with van der Waals surface area (Å²) in [6.45, 7) is 3.21. The molecule has 0 unspecified atom stereocenters. The van der Waals surface area contributed by atoms with Gasteiger partial charge in [-0.2, -0.15) is 0 Å². The molecule has 0 aliphatic carbocycles. The average molecular weight is 248 g/mol. The Kier molecular flexibility index (Phi) is 5.64. The first-order valence-corrected chi connectivity index (χ1v) is 5.61. The highest BCUT2D eigenvalue weighted by atomic mass is 16.5. The first kappa shape index (κ1) is 14.0. The maximum absolute atomic E-state index is 10.8. The van der Waals surface area contributed by atoms with Crippen LogP contribution in [0.4, 0.5) is 0 Å². The van der Waals surface area contributed by atoms with Gasteiger partial charge in [-0.1, -0.05) is 30.3 Å². The van der Waals surface area contributed by atoms with Crippen molar-refractivity contribution in [2.75, 3.05) is 6.61 Å². The SMILES string of the molecule is CC(=O)OC/C=C/c1ccccc1COC(C)=O. The number of benzene rings is 1. The number of ether oxygens (including phenoxy) is 2. The number of carbonyl (C=O) groups is 2. The van der Waals surface area contributed by atoms with Crippen LogP contribution in [0, 0.1) is 0 Å². The van der Waals surface area contributed by atoms with Crippen LogP contribution in [0.3, 0.4) is 0 Å². The van der Waals surface area contributed by atoms with E-state index in [4.69, 9.17) is 9.47 Å². The smallest absolute Gasteiger partial charge is 0.302 e. The lowest BCUT2D eigenvalue weighted by atomic mass is 10.1. The molecule has 4 heteroatoms. The van der Waals surface area contributed by atoms with Crippen LogP contribution in [0.15, 0.2) is 30.3 Å². The Morgan fingerprint density at radius 1 is 1.11 bits per heavy atom. The molecule has 96 valence electrons. The zero-order valence-corrected chi connectivity index (χ0v) is 10.5. The molecular formula is C14H16O4. The fourth-order valence-electron chi connectivity index (χ4n) is 1.35. The minimum atomic E-state index is -0.312. The van der Waals surface area contributed by atoms with Gasteiger partial charge in [0.2, 0.25) is 0 Å². The minimum Gasteiger partial charge on any atom is -0.462 e. The molecule has 0 N–H and O–H groups in total. The van der Waals surface area contributed by atoms with Crippen LogP contribution in [0.5, 0.6) is 0 Å². The fraction of sp³-hybridized carbons (Fsp3) is 0.286. The second-order valence-electron chi connectivity index (χ2n) is 3.68. The normalized spacial score (nSPS) is 10.3. The number of hydrogen-bond donors (Lipinski definition) is 0. The molecule has 18 heavy (non-hydrogen) atoms. The van der Waals surface area contributed by atoms with E-state index >= 15 is 0 Å². The molecule has 1 aromatic rings. The Bertz CT molecular complexity index is 449. The third-order valence-corrected chi connectivity index (χ3v) is 2.17. The highest BCUT2D eigenvalue weighted by Crippen LogP contribution is 2.12. The van der Waals surface area contributed by atoms with E-state index in [-0.39, 0.29) is 25.2 Å². The Hall–Kier alpha value is -2.10. The van der Waals surface area contributed by atoms with Gasteiger partial charge in [0.15, 0.2) is 0 Å². The van der Waals surface area contributed by atoms with Crippen molar-refractivity contribution >= 4 is 18.0 Å². The van der Waals surface area contributed by atoms with Crippen LogP contribution in [0.25, 0.3) is 6.08 Å². The van der Waals surface area contributed by atoms with Gasteiger partial charge in [0.1, 0.15) is 13.2 Å². The lowest BCUT2D eigenvalue weighted by molar-refractivity contribution is -0.142. The van der Waals surface area contributed by atoms with Gasteiger partial charge in [0.05, 0.1) is 0 Å². The Balaban J connectivity index is 2.63. The monoisotopic (exact) mass is 248 g/mol. The van der Waals surface area contributed by atoms with Crippen LogP contribution in [0.2, 0.25) is 0 Å². The zero-order valence-electron chi connectivity index (χ0n) is 10.5. The molecule has 0 bridgehead atoms. The van der Waals surface area contributed by atoms with Crippen molar-refractivity contribution in [1.29, 1.82) is 0 Å². The summed E-state index contributed by atoms with van der Waals surface area (Å²) in [5.41, 5.74) is 1.85. The van der Waals surface area contributed by atoms with Gasteiger partial charge < -0.3 is 9.47 Å². The number of rotatable bonds is 5. The fourth-order valence-corrected chi connectivity index (χ4v) is 1.35. The van der Waals surface area contributed by atoms with Gasteiger partial charge in [0, 0.05) is 13.8 Å². The third kappa shape index (κ3) is 5.30. The molecule has 0 fully saturated rings. The molecule has 0 saturated carbocycles. The Morgan fingerprint density at radius 3 is 2.44 bits per heavy atom. The lowest BCUT2D eigenvalue weighted by Gasteiger charge is -2.06. The van der Waals surface area contributed by atoms with E-state index in [1.54, 1.807) is 6.08 Å². The summed E-state index contributed by atoms with van der Waals surface area (Å²) in [4.78, 5) is 21.4. The summed E-state index contributed by atoms with van der Waals surface area (Å²) in [6.07, 6.45) is 3.58. The molecule has 0 heterocycles. The molecule has 4 nitrogen and oxygen atoms in total. The lowest BCUT2D eigenvalue weighted by Crippen LogP contribution is -2.00. The summed E-state index contributed by atoms with van der Waals surface area (Å²) in [5.74, 6) is -0.624.